The number of hydrogen-bond donors (Lipinski definition) is 4. The summed E-state index contributed by atoms with van der Waals surface area (Å²) in [6.45, 7) is 9.80. The molecule has 2 atom stereocenters. The number of carbonyl (C=O) groups is 4. The summed E-state index contributed by atoms with van der Waals surface area (Å²) >= 11 is 0. The Kier molecular flexibility index (Phi) is 13.6. The van der Waals surface area contributed by atoms with E-state index in [0.717, 1.165) is 4.57 Å². The van der Waals surface area contributed by atoms with Gasteiger partial charge in [-0.1, -0.05) is 13.8 Å². The number of rotatable bonds is 14. The van der Waals surface area contributed by atoms with E-state index >= 15 is 0 Å². The molecule has 14 heteroatoms. The molecular weight excluding hydrogens is 524 g/mol. The van der Waals surface area contributed by atoms with Crippen molar-refractivity contribution >= 4 is 23.9 Å². The lowest BCUT2D eigenvalue weighted by Crippen LogP contribution is -2.56. The zero-order valence-corrected chi connectivity index (χ0v) is 24.5. The lowest BCUT2D eigenvalue weighted by Gasteiger charge is -2.33. The van der Waals surface area contributed by atoms with Crippen LogP contribution in [-0.4, -0.2) is 82.8 Å². The highest BCUT2D eigenvalue weighted by atomic mass is 16.6. The van der Waals surface area contributed by atoms with Gasteiger partial charge in [-0.05, 0) is 59.4 Å². The van der Waals surface area contributed by atoms with E-state index in [0.29, 0.717) is 19.4 Å². The van der Waals surface area contributed by atoms with Crippen LogP contribution in [0.3, 0.4) is 0 Å². The SMILES string of the molecule is COC(=O)[C@@H](NC(=O)[C@H](CCCCN)N(CCNC(=O)OC(C)(C)C)C(=O)Cn1cc(C)c(=O)[nH]c1=O)C(C)C. The van der Waals surface area contributed by atoms with Crippen molar-refractivity contribution < 1.29 is 28.7 Å². The number of esters is 1. The zero-order chi connectivity index (χ0) is 30.6. The van der Waals surface area contributed by atoms with Gasteiger partial charge in [-0.15, -0.1) is 0 Å². The Morgan fingerprint density at radius 2 is 1.80 bits per heavy atom. The molecule has 0 fully saturated rings. The molecule has 0 aliphatic carbocycles. The van der Waals surface area contributed by atoms with E-state index in [1.165, 1.54) is 25.1 Å². The number of H-pyrrole nitrogens is 1. The molecular formula is C26H44N6O8. The summed E-state index contributed by atoms with van der Waals surface area (Å²) in [4.78, 5) is 79.2. The van der Waals surface area contributed by atoms with Crippen molar-refractivity contribution in [1.82, 2.24) is 25.1 Å². The van der Waals surface area contributed by atoms with Crippen LogP contribution in [0.2, 0.25) is 0 Å². The quantitative estimate of drug-likeness (QED) is 0.177. The van der Waals surface area contributed by atoms with Crippen LogP contribution in [0, 0.1) is 12.8 Å². The highest BCUT2D eigenvalue weighted by Crippen LogP contribution is 2.13. The van der Waals surface area contributed by atoms with Gasteiger partial charge in [0.25, 0.3) is 5.56 Å². The van der Waals surface area contributed by atoms with Gasteiger partial charge in [-0.25, -0.2) is 14.4 Å². The number of methoxy groups -OCH3 is 1. The molecule has 0 bridgehead atoms. The van der Waals surface area contributed by atoms with Crippen LogP contribution in [0.1, 0.15) is 59.4 Å². The fraction of sp³-hybridized carbons (Fsp3) is 0.692. The number of aromatic nitrogens is 2. The molecule has 226 valence electrons. The fourth-order valence-electron chi connectivity index (χ4n) is 3.80. The number of nitrogens with two attached hydrogens (primary N) is 1. The molecule has 3 amide bonds. The van der Waals surface area contributed by atoms with Gasteiger partial charge in [-0.2, -0.15) is 0 Å². The van der Waals surface area contributed by atoms with E-state index in [4.69, 9.17) is 15.2 Å². The third-order valence-electron chi connectivity index (χ3n) is 5.87. The van der Waals surface area contributed by atoms with Crippen LogP contribution in [0.5, 0.6) is 0 Å². The molecule has 5 N–H and O–H groups in total. The lowest BCUT2D eigenvalue weighted by atomic mass is 10.0. The van der Waals surface area contributed by atoms with Crippen molar-refractivity contribution in [1.29, 1.82) is 0 Å². The predicted molar refractivity (Wildman–Crippen MR) is 147 cm³/mol. The van der Waals surface area contributed by atoms with E-state index in [-0.39, 0.29) is 31.0 Å². The average Bonchev–Trinajstić information content (AvgIpc) is 2.85. The molecule has 0 spiro atoms. The largest absolute Gasteiger partial charge is 0.467 e. The maximum absolute atomic E-state index is 13.6. The number of nitrogens with zero attached hydrogens (tertiary/aromatic N) is 2. The van der Waals surface area contributed by atoms with Crippen LogP contribution in [0.25, 0.3) is 0 Å². The average molecular weight is 569 g/mol. The third-order valence-corrected chi connectivity index (χ3v) is 5.87. The molecule has 14 nitrogen and oxygen atoms in total. The van der Waals surface area contributed by atoms with Gasteiger partial charge in [0.1, 0.15) is 24.2 Å². The van der Waals surface area contributed by atoms with Crippen LogP contribution >= 0.6 is 0 Å². The van der Waals surface area contributed by atoms with Crippen molar-refractivity contribution in [2.75, 3.05) is 26.7 Å². The van der Waals surface area contributed by atoms with Crippen LogP contribution < -0.4 is 27.6 Å². The molecule has 0 aliphatic rings. The van der Waals surface area contributed by atoms with Crippen LogP contribution in [-0.2, 0) is 30.4 Å². The Hall–Kier alpha value is -3.68. The molecule has 0 saturated carbocycles. The van der Waals surface area contributed by atoms with Crippen molar-refractivity contribution in [2.24, 2.45) is 11.7 Å². The molecule has 1 heterocycles. The summed E-state index contributed by atoms with van der Waals surface area (Å²) in [7, 11) is 1.21. The van der Waals surface area contributed by atoms with Gasteiger partial charge in [0.15, 0.2) is 0 Å². The Morgan fingerprint density at radius 3 is 2.35 bits per heavy atom. The number of alkyl carbamates (subject to hydrolysis) is 1. The Balaban J connectivity index is 3.37. The van der Waals surface area contributed by atoms with Gasteiger partial charge in [-0.3, -0.25) is 23.9 Å². The number of ether oxygens (including phenoxy) is 2. The third kappa shape index (κ3) is 11.2. The fourth-order valence-corrected chi connectivity index (χ4v) is 3.80. The Labute approximate surface area is 234 Å². The smallest absolute Gasteiger partial charge is 0.407 e. The van der Waals surface area contributed by atoms with Crippen molar-refractivity contribution in [3.05, 3.63) is 32.6 Å². The number of aromatic amines is 1. The standard InChI is InChI=1S/C26H44N6O8/c1-16(2)20(23(36)39-7)29-22(35)18(10-8-9-11-27)32(13-12-28-25(38)40-26(4,5)6)19(33)15-31-14-17(3)21(34)30-24(31)37/h14,16,18,20H,8-13,15,27H2,1-7H3,(H,28,38)(H,29,35)(H,30,34,37)/t18-,20-/m0/s1. The highest BCUT2D eigenvalue weighted by molar-refractivity contribution is 5.91. The van der Waals surface area contributed by atoms with Crippen molar-refractivity contribution in [3.8, 4) is 0 Å². The van der Waals surface area contributed by atoms with E-state index in [2.05, 4.69) is 15.6 Å². The molecule has 1 rings (SSSR count). The van der Waals surface area contributed by atoms with Gasteiger partial charge in [0, 0.05) is 24.8 Å². The van der Waals surface area contributed by atoms with Gasteiger partial charge in [0.2, 0.25) is 11.8 Å². The maximum atomic E-state index is 13.6. The van der Waals surface area contributed by atoms with Crippen LogP contribution in [0.4, 0.5) is 4.79 Å². The normalized spacial score (nSPS) is 12.8. The summed E-state index contributed by atoms with van der Waals surface area (Å²) in [5.74, 6) is -2.16. The molecule has 1 aromatic heterocycles. The van der Waals surface area contributed by atoms with Gasteiger partial charge in [0.05, 0.1) is 7.11 Å². The summed E-state index contributed by atoms with van der Waals surface area (Å²) in [5.41, 5.74) is 3.76. The number of amides is 3. The number of aryl methyl sites for hydroxylation is 1. The summed E-state index contributed by atoms with van der Waals surface area (Å²) in [5, 5.41) is 5.25. The summed E-state index contributed by atoms with van der Waals surface area (Å²) < 4.78 is 11.1. The number of carbonyl (C=O) groups excluding carboxylic acids is 4. The number of unbranched alkanes of at least 4 members (excludes halogenated alkanes) is 1. The number of hydrogen-bond acceptors (Lipinski definition) is 9. The highest BCUT2D eigenvalue weighted by Gasteiger charge is 2.34. The second kappa shape index (κ2) is 15.8. The monoisotopic (exact) mass is 568 g/mol. The van der Waals surface area contributed by atoms with Gasteiger partial charge < -0.3 is 30.7 Å². The second-order valence-electron chi connectivity index (χ2n) is 10.8. The Bertz CT molecular complexity index is 1140. The minimum absolute atomic E-state index is 0.0640. The first-order valence-corrected chi connectivity index (χ1v) is 13.3. The lowest BCUT2D eigenvalue weighted by molar-refractivity contribution is -0.148. The first-order chi connectivity index (χ1) is 18.6. The maximum Gasteiger partial charge on any atom is 0.407 e. The topological polar surface area (TPSA) is 195 Å². The number of nitrogens with one attached hydrogen (secondary N) is 3. The first-order valence-electron chi connectivity index (χ1n) is 13.3. The van der Waals surface area contributed by atoms with Gasteiger partial charge >= 0.3 is 17.8 Å². The molecule has 0 unspecified atom stereocenters. The summed E-state index contributed by atoms with van der Waals surface area (Å²) in [6.07, 6.45) is 1.81. The molecule has 0 saturated heterocycles. The molecule has 0 aliphatic heterocycles. The first kappa shape index (κ1) is 34.3. The van der Waals surface area contributed by atoms with Crippen LogP contribution in [0.15, 0.2) is 15.8 Å². The molecule has 1 aromatic rings. The zero-order valence-electron chi connectivity index (χ0n) is 24.5. The van der Waals surface area contributed by atoms with E-state index in [9.17, 15) is 28.8 Å². The second-order valence-corrected chi connectivity index (χ2v) is 10.8. The van der Waals surface area contributed by atoms with E-state index in [1.54, 1.807) is 34.6 Å². The minimum Gasteiger partial charge on any atom is -0.467 e. The molecule has 0 radical (unpaired) electrons. The minimum atomic E-state index is -1.06. The molecule has 0 aromatic carbocycles. The predicted octanol–water partition coefficient (Wildman–Crippen LogP) is 0.00972. The van der Waals surface area contributed by atoms with Crippen molar-refractivity contribution in [3.63, 3.8) is 0 Å². The van der Waals surface area contributed by atoms with E-state index in [1.807, 2.05) is 0 Å². The van der Waals surface area contributed by atoms with Crippen molar-refractivity contribution in [2.45, 2.75) is 85.0 Å². The van der Waals surface area contributed by atoms with E-state index < -0.39 is 59.4 Å². The summed E-state index contributed by atoms with van der Waals surface area (Å²) in [6, 6.07) is -2.03. The molecule has 40 heavy (non-hydrogen) atoms. The Morgan fingerprint density at radius 1 is 1.15 bits per heavy atom.